The lowest BCUT2D eigenvalue weighted by Crippen LogP contribution is -2.47. The summed E-state index contributed by atoms with van der Waals surface area (Å²) in [6, 6.07) is 6.70. The number of nitrogens with zero attached hydrogens (tertiary/aromatic N) is 2. The highest BCUT2D eigenvalue weighted by atomic mass is 16.6. The van der Waals surface area contributed by atoms with Gasteiger partial charge in [-0.2, -0.15) is 0 Å². The molecule has 1 unspecified atom stereocenters. The highest BCUT2D eigenvalue weighted by Crippen LogP contribution is 2.37. The van der Waals surface area contributed by atoms with Crippen LogP contribution in [-0.2, 0) is 14.3 Å². The molecule has 3 heterocycles. The number of hydrogen-bond acceptors (Lipinski definition) is 7. The molecule has 3 saturated heterocycles. The zero-order valence-corrected chi connectivity index (χ0v) is 25.6. The van der Waals surface area contributed by atoms with Crippen molar-refractivity contribution < 1.29 is 19.1 Å². The first kappa shape index (κ1) is 30.9. The fourth-order valence-electron chi connectivity index (χ4n) is 6.31. The smallest absolute Gasteiger partial charge is 0.407 e. The predicted molar refractivity (Wildman–Crippen MR) is 164 cm³/mol. The number of likely N-dealkylation sites (tertiary alicyclic amines) is 1. The number of anilines is 2. The molecule has 0 saturated carbocycles. The van der Waals surface area contributed by atoms with E-state index in [2.05, 4.69) is 56.9 Å². The van der Waals surface area contributed by atoms with Gasteiger partial charge >= 0.3 is 6.09 Å². The SMILES string of the molecule is CC/C=C(/c1ccc(N2CCC(CN3CCC(NC(=O)OC(C)(C)C)CC3)CC2)cc1NC)C1CCC(=O)NC1=O. The largest absolute Gasteiger partial charge is 0.444 e. The van der Waals surface area contributed by atoms with Crippen molar-refractivity contribution in [2.24, 2.45) is 11.8 Å². The Morgan fingerprint density at radius 2 is 1.78 bits per heavy atom. The topological polar surface area (TPSA) is 103 Å². The molecule has 0 aromatic heterocycles. The van der Waals surface area contributed by atoms with E-state index in [1.54, 1.807) is 0 Å². The molecule has 1 aromatic rings. The van der Waals surface area contributed by atoms with Crippen molar-refractivity contribution in [1.29, 1.82) is 0 Å². The van der Waals surface area contributed by atoms with Gasteiger partial charge in [0.2, 0.25) is 11.8 Å². The van der Waals surface area contributed by atoms with E-state index < -0.39 is 5.60 Å². The minimum atomic E-state index is -0.471. The maximum absolute atomic E-state index is 12.7. The quantitative estimate of drug-likeness (QED) is 0.389. The second kappa shape index (κ2) is 13.7. The van der Waals surface area contributed by atoms with Crippen LogP contribution in [0.2, 0.25) is 0 Å². The van der Waals surface area contributed by atoms with E-state index in [1.165, 1.54) is 5.69 Å². The van der Waals surface area contributed by atoms with Gasteiger partial charge < -0.3 is 25.2 Å². The van der Waals surface area contributed by atoms with Gasteiger partial charge in [0, 0.05) is 69.2 Å². The number of benzene rings is 1. The maximum Gasteiger partial charge on any atom is 0.407 e. The molecule has 41 heavy (non-hydrogen) atoms. The Kier molecular flexibility index (Phi) is 10.3. The minimum absolute atomic E-state index is 0.186. The molecular weight excluding hydrogens is 518 g/mol. The average molecular weight is 568 g/mol. The second-order valence-corrected chi connectivity index (χ2v) is 12.7. The Balaban J connectivity index is 1.29. The Labute approximate surface area is 245 Å². The van der Waals surface area contributed by atoms with Crippen molar-refractivity contribution >= 4 is 34.9 Å². The molecule has 4 rings (SSSR count). The number of amides is 3. The first-order chi connectivity index (χ1) is 19.6. The zero-order chi connectivity index (χ0) is 29.6. The minimum Gasteiger partial charge on any atom is -0.444 e. The molecule has 3 aliphatic rings. The van der Waals surface area contributed by atoms with Crippen molar-refractivity contribution in [2.75, 3.05) is 50.0 Å². The summed E-state index contributed by atoms with van der Waals surface area (Å²) in [7, 11) is 1.93. The van der Waals surface area contributed by atoms with Crippen LogP contribution in [0.3, 0.4) is 0 Å². The monoisotopic (exact) mass is 567 g/mol. The van der Waals surface area contributed by atoms with Crippen molar-refractivity contribution in [3.05, 3.63) is 29.8 Å². The van der Waals surface area contributed by atoms with Gasteiger partial charge in [0.15, 0.2) is 0 Å². The number of piperidine rings is 3. The molecule has 0 spiro atoms. The summed E-state index contributed by atoms with van der Waals surface area (Å²) in [6.45, 7) is 12.9. The maximum atomic E-state index is 12.7. The van der Waals surface area contributed by atoms with Crippen LogP contribution in [0.25, 0.3) is 5.57 Å². The van der Waals surface area contributed by atoms with Gasteiger partial charge in [0.05, 0.1) is 5.92 Å². The Hall–Kier alpha value is -3.07. The molecule has 1 atom stereocenters. The van der Waals surface area contributed by atoms with Gasteiger partial charge in [-0.15, -0.1) is 0 Å². The number of allylic oxidation sites excluding steroid dienone is 1. The van der Waals surface area contributed by atoms with E-state index in [1.807, 2.05) is 27.8 Å². The molecule has 3 fully saturated rings. The van der Waals surface area contributed by atoms with Gasteiger partial charge in [-0.1, -0.05) is 19.1 Å². The number of ether oxygens (including phenoxy) is 1. The third-order valence-electron chi connectivity index (χ3n) is 8.43. The number of imide groups is 1. The van der Waals surface area contributed by atoms with Crippen LogP contribution < -0.4 is 20.9 Å². The third kappa shape index (κ3) is 8.47. The van der Waals surface area contributed by atoms with E-state index in [0.717, 1.165) is 81.7 Å². The number of alkyl carbamates (subject to hydrolysis) is 1. The van der Waals surface area contributed by atoms with Crippen LogP contribution in [0.15, 0.2) is 24.3 Å². The number of hydrogen-bond donors (Lipinski definition) is 3. The van der Waals surface area contributed by atoms with E-state index in [0.29, 0.717) is 18.8 Å². The zero-order valence-electron chi connectivity index (χ0n) is 25.6. The van der Waals surface area contributed by atoms with Gasteiger partial charge in [-0.05, 0) is 82.9 Å². The molecule has 0 bridgehead atoms. The molecular formula is C32H49N5O4. The Morgan fingerprint density at radius 1 is 1.07 bits per heavy atom. The molecule has 226 valence electrons. The first-order valence-electron chi connectivity index (χ1n) is 15.4. The fraction of sp³-hybridized carbons (Fsp3) is 0.656. The summed E-state index contributed by atoms with van der Waals surface area (Å²) < 4.78 is 5.41. The van der Waals surface area contributed by atoms with E-state index in [9.17, 15) is 14.4 Å². The summed E-state index contributed by atoms with van der Waals surface area (Å²) >= 11 is 0. The third-order valence-corrected chi connectivity index (χ3v) is 8.43. The standard InChI is InChI=1S/C32H49N5O4/c1-6-7-25(27-10-11-29(38)35-30(27)39)26-9-8-24(20-28(26)33-5)37-18-12-22(13-19-37)21-36-16-14-23(15-17-36)34-31(40)41-32(2,3)4/h7-9,20,22-23,27,33H,6,10-19,21H2,1-5H3,(H,34,40)(H,35,38,39)/b25-7-. The van der Waals surface area contributed by atoms with Crippen molar-refractivity contribution in [3.8, 4) is 0 Å². The van der Waals surface area contributed by atoms with Crippen LogP contribution in [0, 0.1) is 11.8 Å². The van der Waals surface area contributed by atoms with E-state index in [-0.39, 0.29) is 29.9 Å². The van der Waals surface area contributed by atoms with Gasteiger partial charge in [-0.25, -0.2) is 4.79 Å². The molecule has 3 amide bonds. The number of nitrogens with one attached hydrogen (secondary N) is 3. The van der Waals surface area contributed by atoms with Crippen LogP contribution in [0.1, 0.15) is 78.2 Å². The Bertz CT molecular complexity index is 1110. The van der Waals surface area contributed by atoms with Gasteiger partial charge in [0.1, 0.15) is 5.60 Å². The van der Waals surface area contributed by atoms with Gasteiger partial charge in [0.25, 0.3) is 0 Å². The summed E-state index contributed by atoms with van der Waals surface area (Å²) in [5, 5.41) is 8.91. The van der Waals surface area contributed by atoms with Crippen LogP contribution >= 0.6 is 0 Å². The predicted octanol–water partition coefficient (Wildman–Crippen LogP) is 4.78. The molecule has 0 radical (unpaired) electrons. The van der Waals surface area contributed by atoms with Crippen LogP contribution in [0.5, 0.6) is 0 Å². The van der Waals surface area contributed by atoms with E-state index >= 15 is 0 Å². The molecule has 3 N–H and O–H groups in total. The van der Waals surface area contributed by atoms with Crippen LogP contribution in [0.4, 0.5) is 16.2 Å². The highest BCUT2D eigenvalue weighted by molar-refractivity contribution is 6.04. The molecule has 9 nitrogen and oxygen atoms in total. The summed E-state index contributed by atoms with van der Waals surface area (Å²) in [5.74, 6) is -0.0113. The van der Waals surface area contributed by atoms with Crippen LogP contribution in [-0.4, -0.2) is 74.2 Å². The number of carbonyl (C=O) groups is 3. The van der Waals surface area contributed by atoms with Crippen molar-refractivity contribution in [3.63, 3.8) is 0 Å². The number of carbonyl (C=O) groups excluding carboxylic acids is 3. The normalized spacial score (nSPS) is 21.9. The van der Waals surface area contributed by atoms with Gasteiger partial charge in [-0.3, -0.25) is 14.9 Å². The second-order valence-electron chi connectivity index (χ2n) is 12.7. The van der Waals surface area contributed by atoms with Crippen molar-refractivity contribution in [1.82, 2.24) is 15.5 Å². The van der Waals surface area contributed by atoms with E-state index in [4.69, 9.17) is 4.74 Å². The lowest BCUT2D eigenvalue weighted by atomic mass is 9.84. The molecule has 0 aliphatic carbocycles. The first-order valence-corrected chi connectivity index (χ1v) is 15.4. The molecule has 3 aliphatic heterocycles. The summed E-state index contributed by atoms with van der Waals surface area (Å²) in [5.41, 5.74) is 3.77. The average Bonchev–Trinajstić information content (AvgIpc) is 2.92. The fourth-order valence-corrected chi connectivity index (χ4v) is 6.31. The summed E-state index contributed by atoms with van der Waals surface area (Å²) in [4.78, 5) is 41.5. The number of rotatable bonds is 8. The lowest BCUT2D eigenvalue weighted by Gasteiger charge is -2.38. The summed E-state index contributed by atoms with van der Waals surface area (Å²) in [6.07, 6.45) is 7.79. The highest BCUT2D eigenvalue weighted by Gasteiger charge is 2.31. The molecule has 1 aromatic carbocycles. The molecule has 9 heteroatoms. The lowest BCUT2D eigenvalue weighted by molar-refractivity contribution is -0.134. The Morgan fingerprint density at radius 3 is 2.39 bits per heavy atom. The van der Waals surface area contributed by atoms with Crippen molar-refractivity contribution in [2.45, 2.75) is 84.3 Å².